The predicted octanol–water partition coefficient (Wildman–Crippen LogP) is 2.84. The Morgan fingerprint density at radius 1 is 1.50 bits per heavy atom. The smallest absolute Gasteiger partial charge is 0.227 e. The van der Waals surface area contributed by atoms with Gasteiger partial charge in [-0.15, -0.1) is 0 Å². The molecule has 0 radical (unpaired) electrons. The molecule has 3 nitrogen and oxygen atoms in total. The summed E-state index contributed by atoms with van der Waals surface area (Å²) >= 11 is 5.97. The van der Waals surface area contributed by atoms with E-state index in [-0.39, 0.29) is 17.9 Å². The number of carbonyl (C=O) groups excluding carboxylic acids is 1. The zero-order valence-electron chi connectivity index (χ0n) is 11.2. The highest BCUT2D eigenvalue weighted by Crippen LogP contribution is 2.23. The van der Waals surface area contributed by atoms with Crippen molar-refractivity contribution in [3.05, 3.63) is 34.9 Å². The topological polar surface area (TPSA) is 46.3 Å². The molecule has 0 aliphatic carbocycles. The average Bonchev–Trinajstić information content (AvgIpc) is 2.38. The maximum absolute atomic E-state index is 12.2. The molecule has 0 bridgehead atoms. The second kappa shape index (κ2) is 6.76. The Hall–Kier alpha value is -1.06. The molecule has 1 aromatic rings. The van der Waals surface area contributed by atoms with Gasteiger partial charge in [0, 0.05) is 18.6 Å². The highest BCUT2D eigenvalue weighted by atomic mass is 35.5. The molecule has 0 fully saturated rings. The third kappa shape index (κ3) is 3.47. The van der Waals surface area contributed by atoms with E-state index in [1.165, 1.54) is 0 Å². The molecule has 1 amide bonds. The van der Waals surface area contributed by atoms with Crippen LogP contribution in [0.15, 0.2) is 24.3 Å². The van der Waals surface area contributed by atoms with Crippen molar-refractivity contribution in [3.63, 3.8) is 0 Å². The van der Waals surface area contributed by atoms with Gasteiger partial charge in [-0.2, -0.15) is 0 Å². The van der Waals surface area contributed by atoms with Gasteiger partial charge in [0.15, 0.2) is 0 Å². The minimum atomic E-state index is -0.100. The van der Waals surface area contributed by atoms with Gasteiger partial charge in [-0.1, -0.05) is 30.7 Å². The second-order valence-corrected chi connectivity index (χ2v) is 4.96. The largest absolute Gasteiger partial charge is 0.339 e. The van der Waals surface area contributed by atoms with Crippen LogP contribution in [-0.2, 0) is 4.79 Å². The van der Waals surface area contributed by atoms with Crippen LogP contribution in [0.3, 0.4) is 0 Å². The fraction of sp³-hybridized carbons (Fsp3) is 0.500. The lowest BCUT2D eigenvalue weighted by Crippen LogP contribution is -2.37. The first kappa shape index (κ1) is 15.0. The van der Waals surface area contributed by atoms with Crippen LogP contribution in [0.1, 0.15) is 31.9 Å². The SMILES string of the molecule is CCC(CN)C(=O)N(C)C(C)c1cccc(Cl)c1. The number of hydrogen-bond donors (Lipinski definition) is 1. The number of amides is 1. The van der Waals surface area contributed by atoms with E-state index in [4.69, 9.17) is 17.3 Å². The third-order valence-electron chi connectivity index (χ3n) is 3.39. The maximum Gasteiger partial charge on any atom is 0.227 e. The van der Waals surface area contributed by atoms with Crippen molar-refractivity contribution in [2.24, 2.45) is 11.7 Å². The fourth-order valence-corrected chi connectivity index (χ4v) is 2.11. The molecule has 0 heterocycles. The Morgan fingerprint density at radius 2 is 2.17 bits per heavy atom. The van der Waals surface area contributed by atoms with Gasteiger partial charge in [0.2, 0.25) is 5.91 Å². The molecule has 2 unspecified atom stereocenters. The number of benzene rings is 1. The van der Waals surface area contributed by atoms with Gasteiger partial charge in [-0.3, -0.25) is 4.79 Å². The normalized spacial score (nSPS) is 14.1. The number of nitrogens with two attached hydrogens (primary N) is 1. The molecule has 0 aliphatic heterocycles. The van der Waals surface area contributed by atoms with Gasteiger partial charge < -0.3 is 10.6 Å². The van der Waals surface area contributed by atoms with Crippen LogP contribution >= 0.6 is 11.6 Å². The number of nitrogens with zero attached hydrogens (tertiary/aromatic N) is 1. The Bertz CT molecular complexity index is 405. The molecule has 0 aromatic heterocycles. The summed E-state index contributed by atoms with van der Waals surface area (Å²) in [5, 5.41) is 0.686. The van der Waals surface area contributed by atoms with Crippen molar-refractivity contribution in [2.75, 3.05) is 13.6 Å². The highest BCUT2D eigenvalue weighted by Gasteiger charge is 2.23. The lowest BCUT2D eigenvalue weighted by Gasteiger charge is -2.28. The Balaban J connectivity index is 2.83. The summed E-state index contributed by atoms with van der Waals surface area (Å²) in [5.41, 5.74) is 6.65. The van der Waals surface area contributed by atoms with Crippen LogP contribution in [0.25, 0.3) is 0 Å². The van der Waals surface area contributed by atoms with Gasteiger partial charge in [0.25, 0.3) is 0 Å². The van der Waals surface area contributed by atoms with E-state index in [1.807, 2.05) is 45.2 Å². The molecular formula is C14H21ClN2O. The first-order valence-electron chi connectivity index (χ1n) is 6.23. The fourth-order valence-electron chi connectivity index (χ4n) is 1.91. The van der Waals surface area contributed by atoms with E-state index in [2.05, 4.69) is 0 Å². The van der Waals surface area contributed by atoms with E-state index in [9.17, 15) is 4.79 Å². The molecule has 18 heavy (non-hydrogen) atoms. The molecular weight excluding hydrogens is 248 g/mol. The lowest BCUT2D eigenvalue weighted by atomic mass is 10.0. The van der Waals surface area contributed by atoms with Crippen LogP contribution in [0.5, 0.6) is 0 Å². The second-order valence-electron chi connectivity index (χ2n) is 4.52. The summed E-state index contributed by atoms with van der Waals surface area (Å²) in [5.74, 6) is -0.0101. The first-order valence-corrected chi connectivity index (χ1v) is 6.61. The summed E-state index contributed by atoms with van der Waals surface area (Å²) in [6.45, 7) is 4.36. The number of halogens is 1. The molecule has 4 heteroatoms. The Labute approximate surface area is 114 Å². The lowest BCUT2D eigenvalue weighted by molar-refractivity contribution is -0.135. The predicted molar refractivity (Wildman–Crippen MR) is 75.5 cm³/mol. The van der Waals surface area contributed by atoms with E-state index >= 15 is 0 Å². The summed E-state index contributed by atoms with van der Waals surface area (Å²) in [4.78, 5) is 14.0. The van der Waals surface area contributed by atoms with Crippen LogP contribution in [0.2, 0.25) is 5.02 Å². The molecule has 0 saturated carbocycles. The Morgan fingerprint density at radius 3 is 2.67 bits per heavy atom. The number of rotatable bonds is 5. The summed E-state index contributed by atoms with van der Waals surface area (Å²) in [6.07, 6.45) is 0.766. The van der Waals surface area contributed by atoms with Crippen LogP contribution in [-0.4, -0.2) is 24.4 Å². The first-order chi connectivity index (χ1) is 8.51. The van der Waals surface area contributed by atoms with Crippen molar-refractivity contribution in [3.8, 4) is 0 Å². The third-order valence-corrected chi connectivity index (χ3v) is 3.62. The monoisotopic (exact) mass is 268 g/mol. The maximum atomic E-state index is 12.2. The molecule has 1 aromatic carbocycles. The van der Waals surface area contributed by atoms with Gasteiger partial charge in [-0.05, 0) is 31.0 Å². The highest BCUT2D eigenvalue weighted by molar-refractivity contribution is 6.30. The van der Waals surface area contributed by atoms with Gasteiger partial charge >= 0.3 is 0 Å². The molecule has 0 aliphatic rings. The van der Waals surface area contributed by atoms with Crippen molar-refractivity contribution in [2.45, 2.75) is 26.3 Å². The quantitative estimate of drug-likeness (QED) is 0.893. The van der Waals surface area contributed by atoms with E-state index < -0.39 is 0 Å². The summed E-state index contributed by atoms with van der Waals surface area (Å²) in [6, 6.07) is 7.58. The minimum Gasteiger partial charge on any atom is -0.339 e. The van der Waals surface area contributed by atoms with Crippen molar-refractivity contribution < 1.29 is 4.79 Å². The molecule has 2 N–H and O–H groups in total. The van der Waals surface area contributed by atoms with Crippen molar-refractivity contribution in [1.29, 1.82) is 0 Å². The van der Waals surface area contributed by atoms with Crippen molar-refractivity contribution in [1.82, 2.24) is 4.90 Å². The zero-order valence-corrected chi connectivity index (χ0v) is 11.9. The number of hydrogen-bond acceptors (Lipinski definition) is 2. The molecule has 0 saturated heterocycles. The van der Waals surface area contributed by atoms with E-state index in [1.54, 1.807) is 4.90 Å². The standard InChI is InChI=1S/C14H21ClN2O/c1-4-11(9-16)14(18)17(3)10(2)12-6-5-7-13(15)8-12/h5-8,10-11H,4,9,16H2,1-3H3. The van der Waals surface area contributed by atoms with Crippen LogP contribution in [0, 0.1) is 5.92 Å². The van der Waals surface area contributed by atoms with Crippen LogP contribution < -0.4 is 5.73 Å². The van der Waals surface area contributed by atoms with E-state index in [0.717, 1.165) is 12.0 Å². The van der Waals surface area contributed by atoms with Crippen molar-refractivity contribution >= 4 is 17.5 Å². The Kier molecular flexibility index (Phi) is 5.63. The minimum absolute atomic E-state index is 0.00296. The molecule has 2 atom stereocenters. The zero-order chi connectivity index (χ0) is 13.7. The van der Waals surface area contributed by atoms with Gasteiger partial charge in [0.1, 0.15) is 0 Å². The average molecular weight is 269 g/mol. The summed E-state index contributed by atoms with van der Waals surface area (Å²) in [7, 11) is 1.81. The van der Waals surface area contributed by atoms with Gasteiger partial charge in [-0.25, -0.2) is 0 Å². The number of carbonyl (C=O) groups is 1. The van der Waals surface area contributed by atoms with Crippen LogP contribution in [0.4, 0.5) is 0 Å². The molecule has 100 valence electrons. The van der Waals surface area contributed by atoms with E-state index in [0.29, 0.717) is 11.6 Å². The van der Waals surface area contributed by atoms with Gasteiger partial charge in [0.05, 0.1) is 12.0 Å². The molecule has 1 rings (SSSR count). The molecule has 0 spiro atoms. The summed E-state index contributed by atoms with van der Waals surface area (Å²) < 4.78 is 0.